The number of allylic oxidation sites excluding steroid dienone is 1. The van der Waals surface area contributed by atoms with Gasteiger partial charge in [-0.15, -0.1) is 6.42 Å². The van der Waals surface area contributed by atoms with Crippen LogP contribution in [0.15, 0.2) is 11.6 Å². The third-order valence-corrected chi connectivity index (χ3v) is 8.60. The van der Waals surface area contributed by atoms with Gasteiger partial charge in [0, 0.05) is 5.41 Å². The minimum atomic E-state index is -1.69. The SMILES string of the molecule is C#C[C@]1(O)[C@H](O)C[C@H]2[C@@H]3CC=C4[C@H](O)[C@@H](O)CC[C@]4(C)[C@H]3CC[C@@]21CO. The Bertz CT molecular complexity index is 668. The molecule has 26 heavy (non-hydrogen) atoms. The molecule has 5 nitrogen and oxygen atoms in total. The molecule has 5 heteroatoms. The molecule has 4 aliphatic rings. The average molecular weight is 362 g/mol. The van der Waals surface area contributed by atoms with E-state index in [1.807, 2.05) is 0 Å². The number of aliphatic hydroxyl groups is 5. The molecule has 0 bridgehead atoms. The second kappa shape index (κ2) is 5.80. The molecule has 4 rings (SSSR count). The summed E-state index contributed by atoms with van der Waals surface area (Å²) in [6.07, 6.45) is 8.99. The van der Waals surface area contributed by atoms with Gasteiger partial charge in [-0.1, -0.05) is 18.9 Å². The highest BCUT2D eigenvalue weighted by Gasteiger charge is 2.69. The zero-order chi connectivity index (χ0) is 18.9. The normalized spacial score (nSPS) is 56.0. The lowest BCUT2D eigenvalue weighted by molar-refractivity contribution is -0.150. The monoisotopic (exact) mass is 362 g/mol. The molecule has 0 aromatic carbocycles. The smallest absolute Gasteiger partial charge is 0.158 e. The standard InChI is InChI=1S/C21H30O5/c1-3-21(26)17(24)10-15-12-4-5-14-18(25)16(23)7-8-19(14,2)13(12)6-9-20(15,21)11-22/h1,5,12-13,15-18,22-26H,4,6-11H2,2H3/t12-,13+,15+,16+,17-,18+,19-,20-,21+/m1/s1. The minimum Gasteiger partial charge on any atom is -0.396 e. The third-order valence-electron chi connectivity index (χ3n) is 8.60. The zero-order valence-electron chi connectivity index (χ0n) is 15.3. The first kappa shape index (κ1) is 18.5. The van der Waals surface area contributed by atoms with E-state index in [-0.39, 0.29) is 23.9 Å². The van der Waals surface area contributed by atoms with Gasteiger partial charge < -0.3 is 25.5 Å². The van der Waals surface area contributed by atoms with E-state index < -0.39 is 29.3 Å². The first-order valence-electron chi connectivity index (χ1n) is 9.81. The van der Waals surface area contributed by atoms with Crippen LogP contribution in [0.25, 0.3) is 0 Å². The fourth-order valence-electron chi connectivity index (χ4n) is 7.11. The van der Waals surface area contributed by atoms with Crippen molar-refractivity contribution in [1.29, 1.82) is 0 Å². The predicted octanol–water partition coefficient (Wildman–Crippen LogP) is 0.588. The van der Waals surface area contributed by atoms with Crippen molar-refractivity contribution in [3.05, 3.63) is 11.6 Å². The number of hydrogen-bond acceptors (Lipinski definition) is 5. The summed E-state index contributed by atoms with van der Waals surface area (Å²) in [6, 6.07) is 0. The van der Waals surface area contributed by atoms with Crippen LogP contribution < -0.4 is 0 Å². The fourth-order valence-corrected chi connectivity index (χ4v) is 7.11. The van der Waals surface area contributed by atoms with Gasteiger partial charge in [-0.25, -0.2) is 0 Å². The maximum absolute atomic E-state index is 11.0. The fraction of sp³-hybridized carbons (Fsp3) is 0.810. The van der Waals surface area contributed by atoms with E-state index in [1.165, 1.54) is 0 Å². The number of aliphatic hydroxyl groups excluding tert-OH is 4. The summed E-state index contributed by atoms with van der Waals surface area (Å²) in [6.45, 7) is 1.95. The molecule has 5 N–H and O–H groups in total. The second-order valence-electron chi connectivity index (χ2n) is 9.26. The van der Waals surface area contributed by atoms with Gasteiger partial charge >= 0.3 is 0 Å². The van der Waals surface area contributed by atoms with Crippen molar-refractivity contribution in [1.82, 2.24) is 0 Å². The van der Waals surface area contributed by atoms with Crippen LogP contribution in [0, 0.1) is 40.9 Å². The van der Waals surface area contributed by atoms with E-state index in [0.717, 1.165) is 24.8 Å². The van der Waals surface area contributed by atoms with E-state index in [1.54, 1.807) is 0 Å². The molecular weight excluding hydrogens is 332 g/mol. The first-order valence-corrected chi connectivity index (χ1v) is 9.81. The highest BCUT2D eigenvalue weighted by atomic mass is 16.3. The number of rotatable bonds is 1. The Kier molecular flexibility index (Phi) is 4.12. The number of terminal acetylenes is 1. The largest absolute Gasteiger partial charge is 0.396 e. The average Bonchev–Trinajstić information content (AvgIpc) is 2.87. The molecule has 3 fully saturated rings. The van der Waals surface area contributed by atoms with E-state index >= 15 is 0 Å². The molecule has 0 spiro atoms. The summed E-state index contributed by atoms with van der Waals surface area (Å²) >= 11 is 0. The van der Waals surface area contributed by atoms with Crippen LogP contribution in [0.1, 0.15) is 45.4 Å². The Morgan fingerprint density at radius 3 is 2.58 bits per heavy atom. The number of fused-ring (bicyclic) bond motifs is 5. The number of hydrogen-bond donors (Lipinski definition) is 5. The summed E-state index contributed by atoms with van der Waals surface area (Å²) in [7, 11) is 0. The van der Waals surface area contributed by atoms with Gasteiger partial charge in [0.1, 0.15) is 6.10 Å². The van der Waals surface area contributed by atoms with Crippen molar-refractivity contribution >= 4 is 0 Å². The molecule has 0 unspecified atom stereocenters. The molecule has 4 aliphatic carbocycles. The highest BCUT2D eigenvalue weighted by molar-refractivity contribution is 5.32. The maximum Gasteiger partial charge on any atom is 0.158 e. The Labute approximate surface area is 154 Å². The first-order chi connectivity index (χ1) is 12.2. The van der Waals surface area contributed by atoms with Crippen LogP contribution in [0.2, 0.25) is 0 Å². The second-order valence-corrected chi connectivity index (χ2v) is 9.26. The molecule has 0 aromatic rings. The highest BCUT2D eigenvalue weighted by Crippen LogP contribution is 2.67. The van der Waals surface area contributed by atoms with E-state index in [2.05, 4.69) is 18.9 Å². The van der Waals surface area contributed by atoms with E-state index in [9.17, 15) is 25.5 Å². The maximum atomic E-state index is 11.0. The molecule has 0 aromatic heterocycles. The predicted molar refractivity (Wildman–Crippen MR) is 95.7 cm³/mol. The Hall–Kier alpha value is -0.900. The summed E-state index contributed by atoms with van der Waals surface area (Å²) < 4.78 is 0. The summed E-state index contributed by atoms with van der Waals surface area (Å²) in [5.41, 5.74) is -1.80. The molecule has 0 aliphatic heterocycles. The van der Waals surface area contributed by atoms with Crippen LogP contribution in [0.4, 0.5) is 0 Å². The third kappa shape index (κ3) is 2.00. The van der Waals surface area contributed by atoms with Crippen molar-refractivity contribution in [2.45, 2.75) is 69.4 Å². The van der Waals surface area contributed by atoms with Crippen LogP contribution in [0.5, 0.6) is 0 Å². The van der Waals surface area contributed by atoms with Gasteiger partial charge in [0.2, 0.25) is 0 Å². The molecule has 9 atom stereocenters. The van der Waals surface area contributed by atoms with Crippen LogP contribution in [-0.2, 0) is 0 Å². The van der Waals surface area contributed by atoms with Crippen LogP contribution >= 0.6 is 0 Å². The summed E-state index contributed by atoms with van der Waals surface area (Å²) in [4.78, 5) is 0. The van der Waals surface area contributed by atoms with Gasteiger partial charge in [0.25, 0.3) is 0 Å². The quantitative estimate of drug-likeness (QED) is 0.347. The van der Waals surface area contributed by atoms with Crippen molar-refractivity contribution in [3.8, 4) is 12.3 Å². The topological polar surface area (TPSA) is 101 Å². The van der Waals surface area contributed by atoms with Crippen molar-refractivity contribution in [3.63, 3.8) is 0 Å². The van der Waals surface area contributed by atoms with E-state index in [4.69, 9.17) is 6.42 Å². The summed E-state index contributed by atoms with van der Waals surface area (Å²) in [5.74, 6) is 2.85. The molecule has 0 saturated heterocycles. The summed E-state index contributed by atoms with van der Waals surface area (Å²) in [5, 5.41) is 52.4. The molecule has 0 radical (unpaired) electrons. The molecule has 0 amide bonds. The molecule has 144 valence electrons. The lowest BCUT2D eigenvalue weighted by atomic mass is 9.46. The Morgan fingerprint density at radius 1 is 1.19 bits per heavy atom. The minimum absolute atomic E-state index is 0.0547. The van der Waals surface area contributed by atoms with Crippen molar-refractivity contribution in [2.24, 2.45) is 28.6 Å². The molecular formula is C21H30O5. The van der Waals surface area contributed by atoms with Gasteiger partial charge in [-0.2, -0.15) is 0 Å². The van der Waals surface area contributed by atoms with Gasteiger partial charge in [-0.3, -0.25) is 0 Å². The van der Waals surface area contributed by atoms with Gasteiger partial charge in [-0.05, 0) is 67.3 Å². The van der Waals surface area contributed by atoms with Crippen molar-refractivity contribution < 1.29 is 25.5 Å². The van der Waals surface area contributed by atoms with Crippen LogP contribution in [-0.4, -0.2) is 56.1 Å². The lowest BCUT2D eigenvalue weighted by Gasteiger charge is -2.59. The van der Waals surface area contributed by atoms with Crippen molar-refractivity contribution in [2.75, 3.05) is 6.61 Å². The van der Waals surface area contributed by atoms with Gasteiger partial charge in [0.05, 0.1) is 18.8 Å². The molecule has 0 heterocycles. The molecule has 3 saturated carbocycles. The Morgan fingerprint density at radius 2 is 1.92 bits per heavy atom. The zero-order valence-corrected chi connectivity index (χ0v) is 15.3. The van der Waals surface area contributed by atoms with Gasteiger partial charge in [0.15, 0.2) is 5.60 Å². The lowest BCUT2D eigenvalue weighted by Crippen LogP contribution is -2.59. The Balaban J connectivity index is 1.75. The van der Waals surface area contributed by atoms with Crippen LogP contribution in [0.3, 0.4) is 0 Å². The van der Waals surface area contributed by atoms with E-state index in [0.29, 0.717) is 25.2 Å².